The van der Waals surface area contributed by atoms with E-state index in [0.29, 0.717) is 60.2 Å². The van der Waals surface area contributed by atoms with Crippen molar-refractivity contribution in [2.45, 2.75) is 33.9 Å². The molecule has 0 radical (unpaired) electrons. The first-order valence-corrected chi connectivity index (χ1v) is 9.86. The maximum absolute atomic E-state index is 12.9. The number of aromatic nitrogens is 4. The van der Waals surface area contributed by atoms with Crippen LogP contribution in [0.2, 0.25) is 0 Å². The van der Waals surface area contributed by atoms with Crippen LogP contribution in [0.4, 0.5) is 5.95 Å². The summed E-state index contributed by atoms with van der Waals surface area (Å²) < 4.78 is 9.36. The standard InChI is InChI=1S/C20H27N7O3/c1-5-26-17-14(10-13(18(21)28)11-16(17)30-8-7-22-4)23-20(26)24-19(29)15-9-12(3)25-27(15)6-2/h9-11,22H,5-8H2,1-4H3,(H2,21,28)(H,23,24,29). The fraction of sp³-hybridized carbons (Fsp3) is 0.400. The van der Waals surface area contributed by atoms with E-state index >= 15 is 0 Å². The van der Waals surface area contributed by atoms with E-state index in [1.807, 2.05) is 32.4 Å². The molecule has 2 amide bonds. The molecular weight excluding hydrogens is 386 g/mol. The number of rotatable bonds is 9. The van der Waals surface area contributed by atoms with E-state index < -0.39 is 5.91 Å². The normalized spacial score (nSPS) is 11.1. The number of nitrogens with one attached hydrogen (secondary N) is 2. The molecular formula is C20H27N7O3. The Morgan fingerprint density at radius 2 is 1.97 bits per heavy atom. The van der Waals surface area contributed by atoms with Gasteiger partial charge in [-0.3, -0.25) is 19.6 Å². The quantitative estimate of drug-likeness (QED) is 0.456. The van der Waals surface area contributed by atoms with Gasteiger partial charge in [0.05, 0.1) is 11.2 Å². The molecule has 0 bridgehead atoms. The maximum Gasteiger partial charge on any atom is 0.276 e. The molecule has 0 atom stereocenters. The van der Waals surface area contributed by atoms with Gasteiger partial charge >= 0.3 is 0 Å². The lowest BCUT2D eigenvalue weighted by Gasteiger charge is -2.12. The van der Waals surface area contributed by atoms with Gasteiger partial charge in [0.1, 0.15) is 23.6 Å². The number of carbonyl (C=O) groups excluding carboxylic acids is 2. The topological polar surface area (TPSA) is 129 Å². The number of imidazole rings is 1. The summed E-state index contributed by atoms with van der Waals surface area (Å²) in [6, 6.07) is 4.94. The lowest BCUT2D eigenvalue weighted by atomic mass is 10.1. The van der Waals surface area contributed by atoms with E-state index in [9.17, 15) is 9.59 Å². The summed E-state index contributed by atoms with van der Waals surface area (Å²) in [4.78, 5) is 29.2. The van der Waals surface area contributed by atoms with Crippen molar-refractivity contribution in [3.63, 3.8) is 0 Å². The zero-order valence-corrected chi connectivity index (χ0v) is 17.7. The van der Waals surface area contributed by atoms with E-state index in [1.165, 1.54) is 0 Å². The van der Waals surface area contributed by atoms with Crippen LogP contribution in [-0.4, -0.2) is 51.3 Å². The van der Waals surface area contributed by atoms with Crippen LogP contribution in [0.25, 0.3) is 11.0 Å². The summed E-state index contributed by atoms with van der Waals surface area (Å²) in [5, 5.41) is 10.2. The molecule has 0 fully saturated rings. The Morgan fingerprint density at radius 3 is 2.60 bits per heavy atom. The average molecular weight is 413 g/mol. The van der Waals surface area contributed by atoms with Gasteiger partial charge in [-0.15, -0.1) is 0 Å². The van der Waals surface area contributed by atoms with Crippen molar-refractivity contribution in [3.05, 3.63) is 35.2 Å². The first-order valence-electron chi connectivity index (χ1n) is 9.86. The lowest BCUT2D eigenvalue weighted by Crippen LogP contribution is -2.20. The SMILES string of the molecule is CCn1nc(C)cc1C(=O)Nc1nc2cc(C(N)=O)cc(OCCNC)c2n1CC. The third kappa shape index (κ3) is 4.13. The molecule has 10 heteroatoms. The summed E-state index contributed by atoms with van der Waals surface area (Å²) in [6.45, 7) is 7.85. The molecule has 3 aromatic rings. The van der Waals surface area contributed by atoms with Gasteiger partial charge in [-0.1, -0.05) is 0 Å². The minimum Gasteiger partial charge on any atom is -0.490 e. The summed E-state index contributed by atoms with van der Waals surface area (Å²) in [6.07, 6.45) is 0. The molecule has 2 aromatic heterocycles. The molecule has 30 heavy (non-hydrogen) atoms. The van der Waals surface area contributed by atoms with Crippen LogP contribution >= 0.6 is 0 Å². The number of carbonyl (C=O) groups is 2. The van der Waals surface area contributed by atoms with Crippen LogP contribution in [0.15, 0.2) is 18.2 Å². The number of aryl methyl sites for hydroxylation is 3. The Hall–Kier alpha value is -3.40. The number of hydrogen-bond acceptors (Lipinski definition) is 6. The predicted octanol–water partition coefficient (Wildman–Crippen LogP) is 1.53. The number of nitrogens with two attached hydrogens (primary N) is 1. The van der Waals surface area contributed by atoms with E-state index in [1.54, 1.807) is 22.9 Å². The van der Waals surface area contributed by atoms with Gasteiger partial charge in [-0.2, -0.15) is 5.10 Å². The predicted molar refractivity (Wildman–Crippen MR) is 114 cm³/mol. The number of hydrogen-bond donors (Lipinski definition) is 3. The van der Waals surface area contributed by atoms with Crippen molar-refractivity contribution in [3.8, 4) is 5.75 Å². The minimum absolute atomic E-state index is 0.292. The van der Waals surface area contributed by atoms with Crippen molar-refractivity contribution in [1.82, 2.24) is 24.6 Å². The fourth-order valence-corrected chi connectivity index (χ4v) is 3.28. The summed E-state index contributed by atoms with van der Waals surface area (Å²) in [5.74, 6) is -0.0375. The van der Waals surface area contributed by atoms with Gasteiger partial charge in [-0.05, 0) is 46.0 Å². The van der Waals surface area contributed by atoms with E-state index in [4.69, 9.17) is 10.5 Å². The molecule has 3 rings (SSSR count). The molecule has 0 saturated heterocycles. The van der Waals surface area contributed by atoms with E-state index in [0.717, 1.165) is 5.69 Å². The zero-order chi connectivity index (χ0) is 21.8. The van der Waals surface area contributed by atoms with Crippen molar-refractivity contribution < 1.29 is 14.3 Å². The smallest absolute Gasteiger partial charge is 0.276 e. The first kappa shape index (κ1) is 21.3. The van der Waals surface area contributed by atoms with Gasteiger partial charge in [-0.25, -0.2) is 4.98 Å². The van der Waals surface area contributed by atoms with Gasteiger partial charge in [0, 0.05) is 25.2 Å². The van der Waals surface area contributed by atoms with Crippen LogP contribution in [-0.2, 0) is 13.1 Å². The van der Waals surface area contributed by atoms with Crippen molar-refractivity contribution >= 4 is 28.8 Å². The number of fused-ring (bicyclic) bond motifs is 1. The highest BCUT2D eigenvalue weighted by molar-refractivity contribution is 6.04. The molecule has 0 unspecified atom stereocenters. The molecule has 10 nitrogen and oxygen atoms in total. The fourth-order valence-electron chi connectivity index (χ4n) is 3.28. The molecule has 160 valence electrons. The van der Waals surface area contributed by atoms with Crippen LogP contribution in [0.3, 0.4) is 0 Å². The molecule has 2 heterocycles. The highest BCUT2D eigenvalue weighted by atomic mass is 16.5. The largest absolute Gasteiger partial charge is 0.490 e. The summed E-state index contributed by atoms with van der Waals surface area (Å²) >= 11 is 0. The Balaban J connectivity index is 2.05. The Kier molecular flexibility index (Phi) is 6.36. The molecule has 4 N–H and O–H groups in total. The van der Waals surface area contributed by atoms with Crippen LogP contribution in [0.5, 0.6) is 5.75 Å². The first-order chi connectivity index (χ1) is 14.4. The number of primary amides is 1. The van der Waals surface area contributed by atoms with E-state index in [2.05, 4.69) is 20.7 Å². The number of anilines is 1. The van der Waals surface area contributed by atoms with Crippen LogP contribution in [0, 0.1) is 6.92 Å². The second-order valence-corrected chi connectivity index (χ2v) is 6.78. The maximum atomic E-state index is 12.9. The molecule has 1 aromatic carbocycles. The Labute approximate surface area is 174 Å². The van der Waals surface area contributed by atoms with Gasteiger partial charge in [0.25, 0.3) is 5.91 Å². The highest BCUT2D eigenvalue weighted by Crippen LogP contribution is 2.31. The minimum atomic E-state index is -0.575. The monoisotopic (exact) mass is 413 g/mol. The van der Waals surface area contributed by atoms with Crippen molar-refractivity contribution in [2.24, 2.45) is 5.73 Å². The summed E-state index contributed by atoms with van der Waals surface area (Å²) in [5.41, 5.74) is 8.19. The Bertz CT molecular complexity index is 1080. The molecule has 0 aliphatic heterocycles. The lowest BCUT2D eigenvalue weighted by molar-refractivity contribution is 0.0995. The zero-order valence-electron chi connectivity index (χ0n) is 17.7. The van der Waals surface area contributed by atoms with Crippen molar-refractivity contribution in [2.75, 3.05) is 25.5 Å². The van der Waals surface area contributed by atoms with Gasteiger partial charge in [0.2, 0.25) is 11.9 Å². The van der Waals surface area contributed by atoms with Gasteiger partial charge < -0.3 is 20.4 Å². The van der Waals surface area contributed by atoms with E-state index in [-0.39, 0.29) is 5.91 Å². The number of amides is 2. The van der Waals surface area contributed by atoms with Crippen LogP contribution in [0.1, 0.15) is 40.4 Å². The second-order valence-electron chi connectivity index (χ2n) is 6.78. The number of nitrogens with zero attached hydrogens (tertiary/aromatic N) is 4. The molecule has 0 aliphatic carbocycles. The third-order valence-corrected chi connectivity index (χ3v) is 4.68. The molecule has 0 aliphatic rings. The average Bonchev–Trinajstić information content (AvgIpc) is 3.27. The third-order valence-electron chi connectivity index (χ3n) is 4.68. The summed E-state index contributed by atoms with van der Waals surface area (Å²) in [7, 11) is 1.82. The number of ether oxygens (including phenoxy) is 1. The van der Waals surface area contributed by atoms with Gasteiger partial charge in [0.15, 0.2) is 0 Å². The van der Waals surface area contributed by atoms with Crippen LogP contribution < -0.4 is 21.1 Å². The van der Waals surface area contributed by atoms with Crippen molar-refractivity contribution in [1.29, 1.82) is 0 Å². The number of benzene rings is 1. The Morgan fingerprint density at radius 1 is 1.20 bits per heavy atom. The number of likely N-dealkylation sites (N-methyl/N-ethyl adjacent to an activating group) is 1. The highest BCUT2D eigenvalue weighted by Gasteiger charge is 2.21. The second kappa shape index (κ2) is 8.95. The molecule has 0 spiro atoms. The molecule has 0 saturated carbocycles.